The Morgan fingerprint density at radius 1 is 1.05 bits per heavy atom. The van der Waals surface area contributed by atoms with Crippen molar-refractivity contribution in [2.75, 3.05) is 0 Å². The van der Waals surface area contributed by atoms with Gasteiger partial charge >= 0.3 is 0 Å². The molecule has 0 aliphatic rings. The van der Waals surface area contributed by atoms with Crippen molar-refractivity contribution < 1.29 is 13.6 Å². The van der Waals surface area contributed by atoms with Gasteiger partial charge in [0.15, 0.2) is 0 Å². The molecule has 2 aromatic carbocycles. The van der Waals surface area contributed by atoms with Gasteiger partial charge in [0.05, 0.1) is 5.56 Å². The van der Waals surface area contributed by atoms with Crippen molar-refractivity contribution in [3.8, 4) is 11.8 Å². The van der Waals surface area contributed by atoms with E-state index in [0.29, 0.717) is 0 Å². The Morgan fingerprint density at radius 3 is 2.50 bits per heavy atom. The molecule has 1 nitrogen and oxygen atoms in total. The van der Waals surface area contributed by atoms with Crippen LogP contribution >= 0.6 is 0 Å². The topological polar surface area (TPSA) is 17.1 Å². The molecule has 0 N–H and O–H groups in total. The third kappa shape index (κ3) is 3.89. The molecule has 0 amide bonds. The summed E-state index contributed by atoms with van der Waals surface area (Å²) in [4.78, 5) is 11.5. The quantitative estimate of drug-likeness (QED) is 0.601. The molecule has 2 aromatic rings. The van der Waals surface area contributed by atoms with Gasteiger partial charge in [0.1, 0.15) is 11.6 Å². The number of halogens is 2. The van der Waals surface area contributed by atoms with Crippen molar-refractivity contribution in [2.45, 2.75) is 0 Å². The normalized spacial score (nSPS) is 10.1. The molecule has 0 aliphatic heterocycles. The summed E-state index contributed by atoms with van der Waals surface area (Å²) in [5.41, 5.74) is 0.864. The van der Waals surface area contributed by atoms with E-state index in [-0.39, 0.29) is 5.56 Å². The maximum atomic E-state index is 13.3. The van der Waals surface area contributed by atoms with Crippen molar-refractivity contribution in [3.63, 3.8) is 0 Å². The molecule has 20 heavy (non-hydrogen) atoms. The number of rotatable bonds is 2. The molecule has 0 unspecified atom stereocenters. The zero-order valence-corrected chi connectivity index (χ0v) is 10.4. The van der Waals surface area contributed by atoms with Crippen LogP contribution in [0.25, 0.3) is 6.08 Å². The average Bonchev–Trinajstić information content (AvgIpc) is 2.45. The second-order valence-electron chi connectivity index (χ2n) is 3.98. The van der Waals surface area contributed by atoms with E-state index in [2.05, 4.69) is 11.8 Å². The highest BCUT2D eigenvalue weighted by molar-refractivity contribution is 6.06. The van der Waals surface area contributed by atoms with Crippen LogP contribution in [-0.4, -0.2) is 5.78 Å². The number of hydrogen-bond donors (Lipinski definition) is 0. The third-order valence-electron chi connectivity index (χ3n) is 2.48. The largest absolute Gasteiger partial charge is 0.280 e. The summed E-state index contributed by atoms with van der Waals surface area (Å²) in [5, 5.41) is 0. The molecule has 0 saturated carbocycles. The predicted octanol–water partition coefficient (Wildman–Crippen LogP) is 3.60. The molecule has 0 radical (unpaired) electrons. The van der Waals surface area contributed by atoms with E-state index in [1.165, 1.54) is 12.1 Å². The number of carbonyl (C=O) groups is 1. The molecule has 98 valence electrons. The first-order valence-electron chi connectivity index (χ1n) is 5.89. The second kappa shape index (κ2) is 6.44. The fourth-order valence-electron chi connectivity index (χ4n) is 1.50. The molecule has 0 heterocycles. The van der Waals surface area contributed by atoms with Gasteiger partial charge in [0.2, 0.25) is 5.78 Å². The van der Waals surface area contributed by atoms with E-state index in [0.717, 1.165) is 17.7 Å². The molecular formula is C17H10F2O. The zero-order chi connectivity index (χ0) is 14.4. The number of benzene rings is 2. The molecule has 0 atom stereocenters. The molecule has 0 fully saturated rings. The minimum absolute atomic E-state index is 0.00661. The van der Waals surface area contributed by atoms with E-state index < -0.39 is 17.4 Å². The lowest BCUT2D eigenvalue weighted by atomic mass is 10.2. The maximum absolute atomic E-state index is 13.3. The summed E-state index contributed by atoms with van der Waals surface area (Å²) in [6.45, 7) is 0. The van der Waals surface area contributed by atoms with Crippen LogP contribution in [0.1, 0.15) is 11.1 Å². The first kappa shape index (κ1) is 13.7. The smallest absolute Gasteiger partial charge is 0.229 e. The Labute approximate surface area is 115 Å². The zero-order valence-electron chi connectivity index (χ0n) is 10.4. The van der Waals surface area contributed by atoms with E-state index in [1.807, 2.05) is 30.3 Å². The van der Waals surface area contributed by atoms with Crippen LogP contribution in [0.5, 0.6) is 0 Å². The average molecular weight is 268 g/mol. The predicted molar refractivity (Wildman–Crippen MR) is 73.7 cm³/mol. The standard InChI is InChI=1S/C17H10F2O/c18-15-9-7-14(17(19)12-15)8-11-16(20)10-6-13-4-2-1-3-5-13/h1-7,9-10,12H/b10-6+. The van der Waals surface area contributed by atoms with Gasteiger partial charge in [-0.3, -0.25) is 4.79 Å². The second-order valence-corrected chi connectivity index (χ2v) is 3.98. The van der Waals surface area contributed by atoms with Gasteiger partial charge in [0, 0.05) is 6.07 Å². The minimum Gasteiger partial charge on any atom is -0.280 e. The summed E-state index contributed by atoms with van der Waals surface area (Å²) in [5.74, 6) is 2.77. The lowest BCUT2D eigenvalue weighted by Crippen LogP contribution is -1.89. The highest BCUT2D eigenvalue weighted by atomic mass is 19.1. The first-order chi connectivity index (χ1) is 9.65. The number of ketones is 1. The molecule has 0 aromatic heterocycles. The van der Waals surface area contributed by atoms with Crippen molar-refractivity contribution in [1.29, 1.82) is 0 Å². The summed E-state index contributed by atoms with van der Waals surface area (Å²) in [6, 6.07) is 12.3. The van der Waals surface area contributed by atoms with Crippen LogP contribution in [0.3, 0.4) is 0 Å². The van der Waals surface area contributed by atoms with Crippen molar-refractivity contribution >= 4 is 11.9 Å². The Morgan fingerprint density at radius 2 is 1.80 bits per heavy atom. The highest BCUT2D eigenvalue weighted by Gasteiger charge is 2.00. The Bertz CT molecular complexity index is 707. The van der Waals surface area contributed by atoms with Gasteiger partial charge in [0.25, 0.3) is 0 Å². The van der Waals surface area contributed by atoms with E-state index in [4.69, 9.17) is 0 Å². The van der Waals surface area contributed by atoms with Gasteiger partial charge in [-0.05, 0) is 29.7 Å². The van der Waals surface area contributed by atoms with E-state index >= 15 is 0 Å². The van der Waals surface area contributed by atoms with Gasteiger partial charge < -0.3 is 0 Å². The molecule has 0 bridgehead atoms. The summed E-state index contributed by atoms with van der Waals surface area (Å²) in [6.07, 6.45) is 2.93. The van der Waals surface area contributed by atoms with Crippen molar-refractivity contribution in [3.05, 3.63) is 77.4 Å². The molecule has 0 saturated heterocycles. The van der Waals surface area contributed by atoms with Gasteiger partial charge in [-0.15, -0.1) is 0 Å². The number of allylic oxidation sites excluding steroid dienone is 1. The number of carbonyl (C=O) groups excluding carboxylic acids is 1. The van der Waals surface area contributed by atoms with E-state index in [9.17, 15) is 13.6 Å². The molecular weight excluding hydrogens is 258 g/mol. The van der Waals surface area contributed by atoms with Gasteiger partial charge in [-0.2, -0.15) is 0 Å². The third-order valence-corrected chi connectivity index (χ3v) is 2.48. The lowest BCUT2D eigenvalue weighted by Gasteiger charge is -1.93. The minimum atomic E-state index is -0.780. The van der Waals surface area contributed by atoms with Crippen LogP contribution in [0.4, 0.5) is 8.78 Å². The molecule has 0 aliphatic carbocycles. The van der Waals surface area contributed by atoms with Crippen LogP contribution in [0.15, 0.2) is 54.6 Å². The number of hydrogen-bond acceptors (Lipinski definition) is 1. The molecule has 2 rings (SSSR count). The lowest BCUT2D eigenvalue weighted by molar-refractivity contribution is -0.109. The van der Waals surface area contributed by atoms with Crippen LogP contribution < -0.4 is 0 Å². The molecule has 3 heteroatoms. The Kier molecular flexibility index (Phi) is 4.41. The summed E-state index contributed by atoms with van der Waals surface area (Å²) < 4.78 is 26.0. The van der Waals surface area contributed by atoms with E-state index in [1.54, 1.807) is 6.08 Å². The SMILES string of the molecule is O=C(C#Cc1ccc(F)cc1F)/C=C/c1ccccc1. The van der Waals surface area contributed by atoms with Gasteiger partial charge in [-0.25, -0.2) is 8.78 Å². The Balaban J connectivity index is 2.09. The fraction of sp³-hybridized carbons (Fsp3) is 0. The van der Waals surface area contributed by atoms with Crippen LogP contribution in [0.2, 0.25) is 0 Å². The highest BCUT2D eigenvalue weighted by Crippen LogP contribution is 2.07. The van der Waals surface area contributed by atoms with Gasteiger partial charge in [-0.1, -0.05) is 42.3 Å². The first-order valence-corrected chi connectivity index (χ1v) is 5.89. The maximum Gasteiger partial charge on any atom is 0.229 e. The van der Waals surface area contributed by atoms with Crippen LogP contribution in [-0.2, 0) is 4.79 Å². The monoisotopic (exact) mass is 268 g/mol. The Hall–Kier alpha value is -2.73. The van der Waals surface area contributed by atoms with Crippen LogP contribution in [0, 0.1) is 23.5 Å². The van der Waals surface area contributed by atoms with Crippen molar-refractivity contribution in [1.82, 2.24) is 0 Å². The summed E-state index contributed by atoms with van der Waals surface area (Å²) in [7, 11) is 0. The van der Waals surface area contributed by atoms with Crippen molar-refractivity contribution in [2.24, 2.45) is 0 Å². The fourth-order valence-corrected chi connectivity index (χ4v) is 1.50. The summed E-state index contributed by atoms with van der Waals surface area (Å²) >= 11 is 0. The molecule has 0 spiro atoms.